The van der Waals surface area contributed by atoms with Gasteiger partial charge in [-0.15, -0.1) is 0 Å². The molecule has 0 unspecified atom stereocenters. The minimum absolute atomic E-state index is 0.305. The molecule has 1 aliphatic rings. The molecule has 0 saturated carbocycles. The Balaban J connectivity index is 1.84. The molecule has 7 heteroatoms. The van der Waals surface area contributed by atoms with Gasteiger partial charge in [0.05, 0.1) is 13.2 Å². The van der Waals surface area contributed by atoms with Crippen LogP contribution in [0.25, 0.3) is 0 Å². The largest absolute Gasteiger partial charge is 0.478 e. The summed E-state index contributed by atoms with van der Waals surface area (Å²) in [6.45, 7) is 3.36. The molecule has 0 bridgehead atoms. The molecule has 1 aromatic rings. The maximum Gasteiger partial charge on any atom is 0.328 e. The van der Waals surface area contributed by atoms with Crippen LogP contribution in [0.2, 0.25) is 0 Å². The van der Waals surface area contributed by atoms with E-state index in [0.29, 0.717) is 19.8 Å². The molecule has 0 atom stereocenters. The third-order valence-corrected chi connectivity index (χ3v) is 2.99. The van der Waals surface area contributed by atoms with Crippen molar-refractivity contribution >= 4 is 17.7 Å². The van der Waals surface area contributed by atoms with E-state index in [1.165, 1.54) is 0 Å². The number of carboxylic acid groups (broad SMARTS) is 1. The van der Waals surface area contributed by atoms with Crippen LogP contribution in [0.3, 0.4) is 0 Å². The van der Waals surface area contributed by atoms with E-state index in [-0.39, 0.29) is 0 Å². The van der Waals surface area contributed by atoms with Gasteiger partial charge in [0.2, 0.25) is 5.91 Å². The molecule has 1 aliphatic heterocycles. The second-order valence-electron chi connectivity index (χ2n) is 4.51. The van der Waals surface area contributed by atoms with E-state index in [4.69, 9.17) is 9.84 Å². The number of amides is 1. The lowest BCUT2D eigenvalue weighted by atomic mass is 10.2. The molecule has 2 rings (SSSR count). The van der Waals surface area contributed by atoms with Crippen molar-refractivity contribution in [3.05, 3.63) is 36.0 Å². The van der Waals surface area contributed by atoms with E-state index in [2.05, 4.69) is 15.2 Å². The van der Waals surface area contributed by atoms with E-state index in [1.807, 2.05) is 12.1 Å². The highest BCUT2D eigenvalue weighted by Crippen LogP contribution is 2.12. The van der Waals surface area contributed by atoms with Gasteiger partial charge >= 0.3 is 5.97 Å². The number of ether oxygens (including phenoxy) is 1. The van der Waals surface area contributed by atoms with Crippen LogP contribution < -0.4 is 10.2 Å². The van der Waals surface area contributed by atoms with Crippen molar-refractivity contribution in [2.45, 2.75) is 6.54 Å². The van der Waals surface area contributed by atoms with Gasteiger partial charge in [-0.3, -0.25) is 4.79 Å². The highest BCUT2D eigenvalue weighted by Gasteiger charge is 2.11. The van der Waals surface area contributed by atoms with Crippen LogP contribution in [-0.2, 0) is 20.9 Å². The normalized spacial score (nSPS) is 15.1. The average molecular weight is 291 g/mol. The number of morpholine rings is 1. The first-order valence-corrected chi connectivity index (χ1v) is 6.61. The number of hydrogen-bond donors (Lipinski definition) is 2. The van der Waals surface area contributed by atoms with Crippen LogP contribution in [0.5, 0.6) is 0 Å². The molecule has 1 amide bonds. The minimum Gasteiger partial charge on any atom is -0.478 e. The molecule has 0 aliphatic carbocycles. The third kappa shape index (κ3) is 4.88. The number of pyridine rings is 1. The summed E-state index contributed by atoms with van der Waals surface area (Å²) < 4.78 is 5.28. The first-order valence-electron chi connectivity index (χ1n) is 6.61. The Bertz CT molecular complexity index is 522. The number of hydrogen-bond acceptors (Lipinski definition) is 5. The summed E-state index contributed by atoms with van der Waals surface area (Å²) in [6.07, 6.45) is 3.49. The van der Waals surface area contributed by atoms with Crippen LogP contribution in [-0.4, -0.2) is 48.3 Å². The molecule has 0 radical (unpaired) electrons. The molecule has 1 saturated heterocycles. The Morgan fingerprint density at radius 1 is 1.33 bits per heavy atom. The van der Waals surface area contributed by atoms with Crippen LogP contribution in [0.4, 0.5) is 5.82 Å². The summed E-state index contributed by atoms with van der Waals surface area (Å²) in [5.74, 6) is -0.713. The number of carboxylic acids is 1. The van der Waals surface area contributed by atoms with Crippen molar-refractivity contribution in [1.29, 1.82) is 0 Å². The molecule has 1 aromatic heterocycles. The summed E-state index contributed by atoms with van der Waals surface area (Å²) in [5.41, 5.74) is 0.851. The molecule has 0 spiro atoms. The molecular weight excluding hydrogens is 274 g/mol. The fraction of sp³-hybridized carbons (Fsp3) is 0.357. The second kappa shape index (κ2) is 7.39. The van der Waals surface area contributed by atoms with E-state index in [1.54, 1.807) is 6.20 Å². The van der Waals surface area contributed by atoms with E-state index in [0.717, 1.165) is 36.6 Å². The average Bonchev–Trinajstić information content (AvgIpc) is 2.52. The van der Waals surface area contributed by atoms with Crippen molar-refractivity contribution in [2.75, 3.05) is 31.2 Å². The smallest absolute Gasteiger partial charge is 0.328 e. The first kappa shape index (κ1) is 15.0. The number of anilines is 1. The quantitative estimate of drug-likeness (QED) is 0.752. The Labute approximate surface area is 122 Å². The third-order valence-electron chi connectivity index (χ3n) is 2.99. The van der Waals surface area contributed by atoms with Crippen molar-refractivity contribution in [3.63, 3.8) is 0 Å². The van der Waals surface area contributed by atoms with E-state index >= 15 is 0 Å². The Morgan fingerprint density at radius 2 is 2.10 bits per heavy atom. The van der Waals surface area contributed by atoms with Gasteiger partial charge in [0.15, 0.2) is 0 Å². The predicted octanol–water partition coefficient (Wildman–Crippen LogP) is 0.175. The Hall–Kier alpha value is -2.41. The number of rotatable bonds is 5. The van der Waals surface area contributed by atoms with Crippen LogP contribution in [0.1, 0.15) is 5.56 Å². The van der Waals surface area contributed by atoms with Gasteiger partial charge in [-0.1, -0.05) is 6.07 Å². The number of nitrogens with one attached hydrogen (secondary N) is 1. The minimum atomic E-state index is -1.15. The SMILES string of the molecule is O=C(O)/C=C/C(=O)NCc1ccc(N2CCOCC2)nc1. The second-order valence-corrected chi connectivity index (χ2v) is 4.51. The maximum atomic E-state index is 11.3. The molecule has 112 valence electrons. The van der Waals surface area contributed by atoms with Crippen molar-refractivity contribution in [3.8, 4) is 0 Å². The zero-order valence-corrected chi connectivity index (χ0v) is 11.5. The van der Waals surface area contributed by atoms with Gasteiger partial charge in [0, 0.05) is 38.0 Å². The van der Waals surface area contributed by atoms with Gasteiger partial charge in [-0.2, -0.15) is 0 Å². The number of nitrogens with zero attached hydrogens (tertiary/aromatic N) is 2. The lowest BCUT2D eigenvalue weighted by molar-refractivity contribution is -0.131. The van der Waals surface area contributed by atoms with Crippen molar-refractivity contribution in [2.24, 2.45) is 0 Å². The Kier molecular flexibility index (Phi) is 5.28. The molecule has 1 fully saturated rings. The van der Waals surface area contributed by atoms with Gasteiger partial charge in [0.1, 0.15) is 5.82 Å². The lowest BCUT2D eigenvalue weighted by Crippen LogP contribution is -2.36. The summed E-state index contributed by atoms with van der Waals surface area (Å²) in [7, 11) is 0. The maximum absolute atomic E-state index is 11.3. The van der Waals surface area contributed by atoms with Crippen molar-refractivity contribution in [1.82, 2.24) is 10.3 Å². The molecule has 21 heavy (non-hydrogen) atoms. The van der Waals surface area contributed by atoms with Crippen LogP contribution in [0.15, 0.2) is 30.5 Å². The highest BCUT2D eigenvalue weighted by molar-refractivity contribution is 5.93. The first-order chi connectivity index (χ1) is 10.1. The molecule has 2 heterocycles. The standard InChI is InChI=1S/C14H17N3O4/c18-13(3-4-14(19)20)16-10-11-1-2-12(15-9-11)17-5-7-21-8-6-17/h1-4,9H,5-8,10H2,(H,16,18)(H,19,20)/b4-3+. The summed E-state index contributed by atoms with van der Waals surface area (Å²) >= 11 is 0. The van der Waals surface area contributed by atoms with Gasteiger partial charge in [0.25, 0.3) is 0 Å². The fourth-order valence-electron chi connectivity index (χ4n) is 1.90. The van der Waals surface area contributed by atoms with Gasteiger partial charge in [-0.05, 0) is 11.6 Å². The van der Waals surface area contributed by atoms with Gasteiger partial charge < -0.3 is 20.1 Å². The predicted molar refractivity (Wildman–Crippen MR) is 75.9 cm³/mol. The summed E-state index contributed by atoms with van der Waals surface area (Å²) in [5, 5.41) is 11.0. The van der Waals surface area contributed by atoms with Crippen molar-refractivity contribution < 1.29 is 19.4 Å². The number of carbonyl (C=O) groups is 2. The molecule has 2 N–H and O–H groups in total. The van der Waals surface area contributed by atoms with Crippen LogP contribution >= 0.6 is 0 Å². The van der Waals surface area contributed by atoms with E-state index in [9.17, 15) is 9.59 Å². The fourth-order valence-corrected chi connectivity index (χ4v) is 1.90. The van der Waals surface area contributed by atoms with Crippen LogP contribution in [0, 0.1) is 0 Å². The number of carbonyl (C=O) groups excluding carboxylic acids is 1. The monoisotopic (exact) mass is 291 g/mol. The highest BCUT2D eigenvalue weighted by atomic mass is 16.5. The zero-order chi connectivity index (χ0) is 15.1. The lowest BCUT2D eigenvalue weighted by Gasteiger charge is -2.27. The summed E-state index contributed by atoms with van der Waals surface area (Å²) in [4.78, 5) is 28.1. The molecular formula is C14H17N3O4. The summed E-state index contributed by atoms with van der Waals surface area (Å²) in [6, 6.07) is 3.79. The number of aliphatic carboxylic acids is 1. The topological polar surface area (TPSA) is 91.8 Å². The van der Waals surface area contributed by atoms with Gasteiger partial charge in [-0.25, -0.2) is 9.78 Å². The Morgan fingerprint density at radius 3 is 2.71 bits per heavy atom. The van der Waals surface area contributed by atoms with E-state index < -0.39 is 11.9 Å². The zero-order valence-electron chi connectivity index (χ0n) is 11.5. The number of aromatic nitrogens is 1. The molecule has 0 aromatic carbocycles. The molecule has 7 nitrogen and oxygen atoms in total.